The Kier molecular flexibility index (Phi) is 5.18. The number of rotatable bonds is 5. The molecule has 0 saturated heterocycles. The molecule has 1 aromatic heterocycles. The number of phenols is 1. The maximum atomic E-state index is 12.3. The summed E-state index contributed by atoms with van der Waals surface area (Å²) < 4.78 is 5.58. The molecule has 3 aromatic rings. The number of nitrogens with one attached hydrogen (secondary N) is 1. The van der Waals surface area contributed by atoms with Crippen molar-refractivity contribution < 1.29 is 19.2 Å². The highest BCUT2D eigenvalue weighted by molar-refractivity contribution is 6.10. The summed E-state index contributed by atoms with van der Waals surface area (Å²) in [6, 6.07) is 16.9. The van der Waals surface area contributed by atoms with Gasteiger partial charge >= 0.3 is 0 Å². The first-order valence-corrected chi connectivity index (χ1v) is 8.04. The molecule has 8 nitrogen and oxygen atoms in total. The molecular weight excluding hydrogens is 362 g/mol. The number of furan rings is 1. The van der Waals surface area contributed by atoms with Crippen molar-refractivity contribution in [3.8, 4) is 23.1 Å². The van der Waals surface area contributed by atoms with Gasteiger partial charge < -0.3 is 14.8 Å². The van der Waals surface area contributed by atoms with E-state index in [1.807, 2.05) is 0 Å². The second kappa shape index (κ2) is 7.88. The van der Waals surface area contributed by atoms with Crippen LogP contribution in [0.3, 0.4) is 0 Å². The van der Waals surface area contributed by atoms with E-state index in [0.29, 0.717) is 11.3 Å². The van der Waals surface area contributed by atoms with Crippen LogP contribution in [0.1, 0.15) is 5.76 Å². The number of amides is 1. The van der Waals surface area contributed by atoms with Crippen molar-refractivity contribution in [3.05, 3.63) is 82.1 Å². The first kappa shape index (κ1) is 18.4. The Morgan fingerprint density at radius 3 is 2.68 bits per heavy atom. The number of aromatic hydroxyl groups is 1. The second-order valence-electron chi connectivity index (χ2n) is 5.65. The van der Waals surface area contributed by atoms with Crippen molar-refractivity contribution in [1.29, 1.82) is 5.26 Å². The summed E-state index contributed by atoms with van der Waals surface area (Å²) in [5, 5.41) is 32.3. The lowest BCUT2D eigenvalue weighted by Gasteiger charge is -2.05. The van der Waals surface area contributed by atoms with Gasteiger partial charge in [-0.2, -0.15) is 5.26 Å². The zero-order valence-corrected chi connectivity index (χ0v) is 14.3. The standard InChI is InChI=1S/C20H13N3O5/c21-12-14(20(25)22-17-6-1-2-7-18(17)24)11-16-8-9-19(28-16)13-4-3-5-15(10-13)23(26)27/h1-11,24H,(H,22,25)/b14-11+. The van der Waals surface area contributed by atoms with Crippen molar-refractivity contribution in [1.82, 2.24) is 0 Å². The van der Waals surface area contributed by atoms with Gasteiger partial charge in [0, 0.05) is 23.8 Å². The number of carbonyl (C=O) groups excluding carboxylic acids is 1. The maximum absolute atomic E-state index is 12.3. The topological polar surface area (TPSA) is 129 Å². The smallest absolute Gasteiger partial charge is 0.270 e. The van der Waals surface area contributed by atoms with E-state index in [4.69, 9.17) is 4.42 Å². The Hall–Kier alpha value is -4.38. The average Bonchev–Trinajstić information content (AvgIpc) is 3.16. The highest BCUT2D eigenvalue weighted by Crippen LogP contribution is 2.27. The summed E-state index contributed by atoms with van der Waals surface area (Å²) in [6.07, 6.45) is 1.25. The third-order valence-electron chi connectivity index (χ3n) is 3.77. The van der Waals surface area contributed by atoms with Gasteiger partial charge in [0.1, 0.15) is 28.9 Å². The normalized spacial score (nSPS) is 10.9. The number of para-hydroxylation sites is 2. The SMILES string of the molecule is N#C/C(=C\c1ccc(-c2cccc([N+](=O)[O-])c2)o1)C(=O)Nc1ccccc1O. The lowest BCUT2D eigenvalue weighted by molar-refractivity contribution is -0.384. The van der Waals surface area contributed by atoms with Gasteiger partial charge in [0.15, 0.2) is 0 Å². The van der Waals surface area contributed by atoms with Crippen LogP contribution in [0, 0.1) is 21.4 Å². The fourth-order valence-electron chi connectivity index (χ4n) is 2.42. The Bertz CT molecular complexity index is 1120. The van der Waals surface area contributed by atoms with Crippen molar-refractivity contribution in [2.24, 2.45) is 0 Å². The fraction of sp³-hybridized carbons (Fsp3) is 0. The molecule has 0 fully saturated rings. The van der Waals surface area contributed by atoms with Crippen LogP contribution < -0.4 is 5.32 Å². The molecule has 0 aliphatic carbocycles. The molecule has 0 aliphatic heterocycles. The van der Waals surface area contributed by atoms with E-state index in [9.17, 15) is 25.3 Å². The number of anilines is 1. The second-order valence-corrected chi connectivity index (χ2v) is 5.65. The summed E-state index contributed by atoms with van der Waals surface area (Å²) in [6.45, 7) is 0. The van der Waals surface area contributed by atoms with Gasteiger partial charge in [-0.25, -0.2) is 0 Å². The number of nitriles is 1. The molecule has 2 N–H and O–H groups in total. The lowest BCUT2D eigenvalue weighted by Crippen LogP contribution is -2.13. The zero-order chi connectivity index (χ0) is 20.1. The number of benzene rings is 2. The summed E-state index contributed by atoms with van der Waals surface area (Å²) in [5.74, 6) is -0.254. The summed E-state index contributed by atoms with van der Waals surface area (Å²) in [4.78, 5) is 22.6. The molecule has 0 saturated carbocycles. The molecule has 0 aliphatic rings. The van der Waals surface area contributed by atoms with E-state index in [-0.39, 0.29) is 28.5 Å². The number of phenolic OH excluding ortho intramolecular Hbond substituents is 1. The minimum absolute atomic E-state index is 0.0780. The minimum Gasteiger partial charge on any atom is -0.506 e. The van der Waals surface area contributed by atoms with Crippen LogP contribution in [0.15, 0.2) is 70.7 Å². The number of nitro groups is 1. The molecule has 1 heterocycles. The van der Waals surface area contributed by atoms with Crippen molar-refractivity contribution in [2.45, 2.75) is 0 Å². The first-order valence-electron chi connectivity index (χ1n) is 8.04. The van der Waals surface area contributed by atoms with Crippen LogP contribution >= 0.6 is 0 Å². The highest BCUT2D eigenvalue weighted by atomic mass is 16.6. The van der Waals surface area contributed by atoms with Crippen molar-refractivity contribution in [3.63, 3.8) is 0 Å². The van der Waals surface area contributed by atoms with Crippen LogP contribution in [0.2, 0.25) is 0 Å². The van der Waals surface area contributed by atoms with E-state index in [1.165, 1.54) is 36.4 Å². The lowest BCUT2D eigenvalue weighted by atomic mass is 10.1. The Morgan fingerprint density at radius 2 is 1.96 bits per heavy atom. The van der Waals surface area contributed by atoms with E-state index in [2.05, 4.69) is 5.32 Å². The van der Waals surface area contributed by atoms with Crippen LogP contribution in [0.25, 0.3) is 17.4 Å². The average molecular weight is 375 g/mol. The van der Waals surface area contributed by atoms with Gasteiger partial charge in [-0.05, 0) is 24.3 Å². The van der Waals surface area contributed by atoms with Gasteiger partial charge in [0.2, 0.25) is 0 Å². The summed E-state index contributed by atoms with van der Waals surface area (Å²) >= 11 is 0. The number of carbonyl (C=O) groups is 1. The Labute approximate surface area is 159 Å². The van der Waals surface area contributed by atoms with Gasteiger partial charge in [-0.15, -0.1) is 0 Å². The third-order valence-corrected chi connectivity index (χ3v) is 3.77. The molecule has 1 amide bonds. The van der Waals surface area contributed by atoms with Crippen LogP contribution in [0.5, 0.6) is 5.75 Å². The molecule has 8 heteroatoms. The number of hydrogen-bond donors (Lipinski definition) is 2. The van der Waals surface area contributed by atoms with Gasteiger partial charge in [-0.1, -0.05) is 24.3 Å². The first-order chi connectivity index (χ1) is 13.5. The summed E-state index contributed by atoms with van der Waals surface area (Å²) in [7, 11) is 0. The van der Waals surface area contributed by atoms with Crippen LogP contribution in [-0.2, 0) is 4.79 Å². The molecule has 0 unspecified atom stereocenters. The Morgan fingerprint density at radius 1 is 1.18 bits per heavy atom. The predicted octanol–water partition coefficient (Wildman–Crippen LogP) is 4.11. The van der Waals surface area contributed by atoms with E-state index >= 15 is 0 Å². The van der Waals surface area contributed by atoms with E-state index in [0.717, 1.165) is 0 Å². The molecule has 0 spiro atoms. The quantitative estimate of drug-likeness (QED) is 0.227. The molecule has 3 rings (SSSR count). The molecule has 138 valence electrons. The van der Waals surface area contributed by atoms with E-state index in [1.54, 1.807) is 36.4 Å². The highest BCUT2D eigenvalue weighted by Gasteiger charge is 2.14. The molecule has 0 atom stereocenters. The molecular formula is C20H13N3O5. The van der Waals surface area contributed by atoms with Crippen molar-refractivity contribution in [2.75, 3.05) is 5.32 Å². The van der Waals surface area contributed by atoms with Crippen LogP contribution in [0.4, 0.5) is 11.4 Å². The molecule has 0 bridgehead atoms. The van der Waals surface area contributed by atoms with Crippen LogP contribution in [-0.4, -0.2) is 15.9 Å². The molecule has 2 aromatic carbocycles. The largest absolute Gasteiger partial charge is 0.506 e. The van der Waals surface area contributed by atoms with E-state index < -0.39 is 10.8 Å². The minimum atomic E-state index is -0.711. The monoisotopic (exact) mass is 375 g/mol. The fourth-order valence-corrected chi connectivity index (χ4v) is 2.42. The predicted molar refractivity (Wildman–Crippen MR) is 101 cm³/mol. The van der Waals surface area contributed by atoms with Gasteiger partial charge in [0.25, 0.3) is 11.6 Å². The number of hydrogen-bond acceptors (Lipinski definition) is 6. The number of nitro benzene ring substituents is 1. The van der Waals surface area contributed by atoms with Gasteiger partial charge in [0.05, 0.1) is 10.6 Å². The zero-order valence-electron chi connectivity index (χ0n) is 14.3. The van der Waals surface area contributed by atoms with Crippen molar-refractivity contribution >= 4 is 23.4 Å². The third kappa shape index (κ3) is 4.05. The molecule has 28 heavy (non-hydrogen) atoms. The molecule has 0 radical (unpaired) electrons. The summed E-state index contributed by atoms with van der Waals surface area (Å²) in [5.41, 5.74) is 0.352. The number of non-ortho nitro benzene ring substituents is 1. The maximum Gasteiger partial charge on any atom is 0.270 e. The Balaban J connectivity index is 1.83. The number of nitrogens with zero attached hydrogens (tertiary/aromatic N) is 2. The van der Waals surface area contributed by atoms with Gasteiger partial charge in [-0.3, -0.25) is 14.9 Å².